The summed E-state index contributed by atoms with van der Waals surface area (Å²) in [6.45, 7) is 0. The first-order valence-electron chi connectivity index (χ1n) is 6.24. The Kier molecular flexibility index (Phi) is 5.12. The molecule has 0 aromatic heterocycles. The highest BCUT2D eigenvalue weighted by atomic mass is 79.9. The number of benzene rings is 2. The first-order valence-corrected chi connectivity index (χ1v) is 8.51. The molecule has 1 amide bonds. The SMILES string of the molecule is CNS(=O)(=O)c1ccc(Br)c(C(=O)Nc2ccc(F)c(F)c2)c1. The molecule has 9 heteroatoms. The Morgan fingerprint density at radius 2 is 1.78 bits per heavy atom. The zero-order valence-corrected chi connectivity index (χ0v) is 14.1. The Morgan fingerprint density at radius 3 is 2.39 bits per heavy atom. The third-order valence-electron chi connectivity index (χ3n) is 2.94. The summed E-state index contributed by atoms with van der Waals surface area (Å²) >= 11 is 3.15. The summed E-state index contributed by atoms with van der Waals surface area (Å²) in [6, 6.07) is 6.80. The summed E-state index contributed by atoms with van der Waals surface area (Å²) in [6.07, 6.45) is 0. The van der Waals surface area contributed by atoms with Crippen molar-refractivity contribution in [1.82, 2.24) is 4.72 Å². The van der Waals surface area contributed by atoms with Crippen molar-refractivity contribution in [1.29, 1.82) is 0 Å². The normalized spacial score (nSPS) is 11.3. The second-order valence-electron chi connectivity index (χ2n) is 4.43. The Labute approximate surface area is 139 Å². The van der Waals surface area contributed by atoms with E-state index in [-0.39, 0.29) is 16.1 Å². The molecule has 0 aliphatic rings. The van der Waals surface area contributed by atoms with Crippen LogP contribution in [0.15, 0.2) is 45.8 Å². The van der Waals surface area contributed by atoms with Crippen molar-refractivity contribution in [2.75, 3.05) is 12.4 Å². The van der Waals surface area contributed by atoms with E-state index in [4.69, 9.17) is 0 Å². The van der Waals surface area contributed by atoms with Crippen molar-refractivity contribution in [3.05, 3.63) is 58.1 Å². The number of hydrogen-bond acceptors (Lipinski definition) is 3. The maximum atomic E-state index is 13.2. The van der Waals surface area contributed by atoms with Gasteiger partial charge in [0.15, 0.2) is 11.6 Å². The molecule has 2 rings (SSSR count). The Bertz CT molecular complexity index is 872. The molecule has 0 unspecified atom stereocenters. The van der Waals surface area contributed by atoms with Gasteiger partial charge in [-0.05, 0) is 53.3 Å². The molecular weight excluding hydrogens is 394 g/mol. The Balaban J connectivity index is 2.35. The fourth-order valence-electron chi connectivity index (χ4n) is 1.74. The molecule has 0 atom stereocenters. The molecule has 122 valence electrons. The predicted molar refractivity (Wildman–Crippen MR) is 84.7 cm³/mol. The summed E-state index contributed by atoms with van der Waals surface area (Å²) in [7, 11) is -2.47. The number of rotatable bonds is 4. The third-order valence-corrected chi connectivity index (χ3v) is 5.04. The molecule has 0 heterocycles. The standard InChI is InChI=1S/C14H11BrF2N2O3S/c1-18-23(21,22)9-3-4-11(15)10(7-9)14(20)19-8-2-5-12(16)13(17)6-8/h2-7,18H,1H3,(H,19,20). The molecule has 23 heavy (non-hydrogen) atoms. The van der Waals surface area contributed by atoms with Gasteiger partial charge >= 0.3 is 0 Å². The van der Waals surface area contributed by atoms with Crippen LogP contribution in [0.3, 0.4) is 0 Å². The maximum absolute atomic E-state index is 13.2. The van der Waals surface area contributed by atoms with Crippen LogP contribution in [0.4, 0.5) is 14.5 Å². The number of sulfonamides is 1. The van der Waals surface area contributed by atoms with Crippen molar-refractivity contribution < 1.29 is 22.0 Å². The van der Waals surface area contributed by atoms with E-state index in [0.29, 0.717) is 4.47 Å². The van der Waals surface area contributed by atoms with Gasteiger partial charge in [0.25, 0.3) is 5.91 Å². The highest BCUT2D eigenvalue weighted by Crippen LogP contribution is 2.22. The van der Waals surface area contributed by atoms with Gasteiger partial charge in [-0.25, -0.2) is 21.9 Å². The van der Waals surface area contributed by atoms with E-state index < -0.39 is 27.6 Å². The van der Waals surface area contributed by atoms with E-state index in [1.165, 1.54) is 31.3 Å². The van der Waals surface area contributed by atoms with Gasteiger partial charge in [0, 0.05) is 16.2 Å². The summed E-state index contributed by atoms with van der Waals surface area (Å²) < 4.78 is 52.1. The number of carbonyl (C=O) groups is 1. The monoisotopic (exact) mass is 404 g/mol. The third kappa shape index (κ3) is 3.92. The molecule has 0 radical (unpaired) electrons. The van der Waals surface area contributed by atoms with Crippen LogP contribution in [0.1, 0.15) is 10.4 Å². The Morgan fingerprint density at radius 1 is 1.09 bits per heavy atom. The van der Waals surface area contributed by atoms with E-state index in [2.05, 4.69) is 26.0 Å². The van der Waals surface area contributed by atoms with Gasteiger partial charge in [-0.3, -0.25) is 4.79 Å². The zero-order chi connectivity index (χ0) is 17.2. The van der Waals surface area contributed by atoms with Gasteiger partial charge in [-0.1, -0.05) is 0 Å². The average molecular weight is 405 g/mol. The summed E-state index contributed by atoms with van der Waals surface area (Å²) in [4.78, 5) is 12.1. The van der Waals surface area contributed by atoms with Crippen molar-refractivity contribution in [2.45, 2.75) is 4.90 Å². The van der Waals surface area contributed by atoms with Gasteiger partial charge in [-0.15, -0.1) is 0 Å². The van der Waals surface area contributed by atoms with Crippen LogP contribution in [0.2, 0.25) is 0 Å². The van der Waals surface area contributed by atoms with Crippen LogP contribution >= 0.6 is 15.9 Å². The van der Waals surface area contributed by atoms with Crippen LogP contribution in [0.25, 0.3) is 0 Å². The molecule has 0 bridgehead atoms. The minimum Gasteiger partial charge on any atom is -0.322 e. The number of hydrogen-bond donors (Lipinski definition) is 2. The minimum atomic E-state index is -3.72. The maximum Gasteiger partial charge on any atom is 0.256 e. The molecular formula is C14H11BrF2N2O3S. The minimum absolute atomic E-state index is 0.0334. The van der Waals surface area contributed by atoms with Gasteiger partial charge < -0.3 is 5.32 Å². The molecule has 2 aromatic carbocycles. The van der Waals surface area contributed by atoms with Crippen LogP contribution in [0, 0.1) is 11.6 Å². The summed E-state index contributed by atoms with van der Waals surface area (Å²) in [5, 5.41) is 2.37. The second-order valence-corrected chi connectivity index (χ2v) is 7.17. The smallest absolute Gasteiger partial charge is 0.256 e. The lowest BCUT2D eigenvalue weighted by Gasteiger charge is -2.09. The number of nitrogens with one attached hydrogen (secondary N) is 2. The molecule has 2 N–H and O–H groups in total. The molecule has 0 aliphatic carbocycles. The molecule has 0 aliphatic heterocycles. The lowest BCUT2D eigenvalue weighted by atomic mass is 10.2. The van der Waals surface area contributed by atoms with Crippen molar-refractivity contribution in [3.63, 3.8) is 0 Å². The van der Waals surface area contributed by atoms with E-state index in [1.807, 2.05) is 0 Å². The molecule has 5 nitrogen and oxygen atoms in total. The summed E-state index contributed by atoms with van der Waals surface area (Å²) in [5.74, 6) is -2.81. The van der Waals surface area contributed by atoms with E-state index in [1.54, 1.807) is 0 Å². The van der Waals surface area contributed by atoms with Crippen LogP contribution in [0.5, 0.6) is 0 Å². The van der Waals surface area contributed by atoms with Gasteiger partial charge in [0.1, 0.15) is 0 Å². The zero-order valence-electron chi connectivity index (χ0n) is 11.7. The predicted octanol–water partition coefficient (Wildman–Crippen LogP) is 2.89. The molecule has 2 aromatic rings. The van der Waals surface area contributed by atoms with E-state index in [0.717, 1.165) is 12.1 Å². The van der Waals surface area contributed by atoms with Crippen molar-refractivity contribution in [3.8, 4) is 0 Å². The van der Waals surface area contributed by atoms with Gasteiger partial charge in [0.05, 0.1) is 10.5 Å². The van der Waals surface area contributed by atoms with Crippen LogP contribution in [-0.4, -0.2) is 21.4 Å². The number of anilines is 1. The number of halogens is 3. The molecule has 0 saturated carbocycles. The van der Waals surface area contributed by atoms with Crippen LogP contribution < -0.4 is 10.0 Å². The summed E-state index contributed by atoms with van der Waals surface area (Å²) in [5.41, 5.74) is 0.0775. The quantitative estimate of drug-likeness (QED) is 0.822. The second kappa shape index (κ2) is 6.73. The lowest BCUT2D eigenvalue weighted by Crippen LogP contribution is -2.20. The average Bonchev–Trinajstić information content (AvgIpc) is 2.51. The lowest BCUT2D eigenvalue weighted by molar-refractivity contribution is 0.102. The van der Waals surface area contributed by atoms with Crippen molar-refractivity contribution >= 4 is 37.5 Å². The van der Waals surface area contributed by atoms with Gasteiger partial charge in [-0.2, -0.15) is 0 Å². The van der Waals surface area contributed by atoms with Crippen LogP contribution in [-0.2, 0) is 10.0 Å². The molecule has 0 fully saturated rings. The largest absolute Gasteiger partial charge is 0.322 e. The number of carbonyl (C=O) groups excluding carboxylic acids is 1. The van der Waals surface area contributed by atoms with Gasteiger partial charge in [0.2, 0.25) is 10.0 Å². The topological polar surface area (TPSA) is 75.3 Å². The number of amides is 1. The molecule has 0 spiro atoms. The highest BCUT2D eigenvalue weighted by Gasteiger charge is 2.17. The highest BCUT2D eigenvalue weighted by molar-refractivity contribution is 9.10. The molecule has 0 saturated heterocycles. The Hall–Kier alpha value is -1.84. The fraction of sp³-hybridized carbons (Fsp3) is 0.0714. The van der Waals surface area contributed by atoms with E-state index >= 15 is 0 Å². The van der Waals surface area contributed by atoms with E-state index in [9.17, 15) is 22.0 Å². The van der Waals surface area contributed by atoms with Crippen molar-refractivity contribution in [2.24, 2.45) is 0 Å². The first kappa shape index (κ1) is 17.5. The fourth-order valence-corrected chi connectivity index (χ4v) is 2.92. The first-order chi connectivity index (χ1) is 10.7.